The summed E-state index contributed by atoms with van der Waals surface area (Å²) in [7, 11) is 1.74. The molecule has 2 aliphatic heterocycles. The van der Waals surface area contributed by atoms with Gasteiger partial charge in [0.15, 0.2) is 0 Å². The fraction of sp³-hybridized carbons (Fsp3) is 0.917. The second-order valence-corrected chi connectivity index (χ2v) is 5.26. The molecule has 2 aliphatic rings. The van der Waals surface area contributed by atoms with E-state index in [1.807, 2.05) is 0 Å². The predicted octanol–water partition coefficient (Wildman–Crippen LogP) is -0.662. The van der Waals surface area contributed by atoms with Crippen molar-refractivity contribution in [2.45, 2.75) is 12.8 Å². The van der Waals surface area contributed by atoms with Crippen LogP contribution in [-0.2, 0) is 9.53 Å². The molecule has 2 saturated heterocycles. The van der Waals surface area contributed by atoms with E-state index >= 15 is 0 Å². The Kier molecular flexibility index (Phi) is 4.36. The minimum absolute atomic E-state index is 0.132. The van der Waals surface area contributed by atoms with E-state index in [1.165, 1.54) is 0 Å². The van der Waals surface area contributed by atoms with Crippen LogP contribution in [0.4, 0.5) is 0 Å². The molecule has 0 saturated carbocycles. The fourth-order valence-corrected chi connectivity index (χ4v) is 2.53. The minimum atomic E-state index is 0.132. The highest BCUT2D eigenvalue weighted by Crippen LogP contribution is 2.28. The minimum Gasteiger partial charge on any atom is -0.384 e. The number of amides is 1. The first-order chi connectivity index (χ1) is 8.26. The molecule has 0 radical (unpaired) electrons. The van der Waals surface area contributed by atoms with Crippen LogP contribution in [0.3, 0.4) is 0 Å². The van der Waals surface area contributed by atoms with Crippen molar-refractivity contribution >= 4 is 5.91 Å². The van der Waals surface area contributed by atoms with Crippen LogP contribution in [-0.4, -0.2) is 52.3 Å². The Bertz CT molecular complexity index is 255. The zero-order chi connectivity index (χ0) is 12.1. The molecule has 5 nitrogen and oxygen atoms in total. The smallest absolute Gasteiger partial charge is 0.225 e. The second kappa shape index (κ2) is 5.80. The molecular weight excluding hydrogens is 218 g/mol. The maximum absolute atomic E-state index is 11.8. The van der Waals surface area contributed by atoms with Gasteiger partial charge in [0.05, 0.1) is 12.5 Å². The lowest BCUT2D eigenvalue weighted by Crippen LogP contribution is -2.54. The highest BCUT2D eigenvalue weighted by molar-refractivity contribution is 5.80. The van der Waals surface area contributed by atoms with Crippen LogP contribution in [0.5, 0.6) is 0 Å². The number of carbonyl (C=O) groups excluding carboxylic acids is 1. The number of piperidine rings is 1. The molecule has 0 bridgehead atoms. The van der Waals surface area contributed by atoms with Crippen molar-refractivity contribution in [3.8, 4) is 0 Å². The van der Waals surface area contributed by atoms with Crippen LogP contribution < -0.4 is 16.0 Å². The molecule has 2 rings (SSSR count). The number of ether oxygens (including phenoxy) is 1. The van der Waals surface area contributed by atoms with Crippen molar-refractivity contribution in [2.24, 2.45) is 11.3 Å². The Hall–Kier alpha value is -0.650. The lowest BCUT2D eigenvalue weighted by molar-refractivity contribution is -0.127. The van der Waals surface area contributed by atoms with Crippen molar-refractivity contribution in [1.82, 2.24) is 16.0 Å². The van der Waals surface area contributed by atoms with E-state index in [1.54, 1.807) is 7.11 Å². The van der Waals surface area contributed by atoms with E-state index in [-0.39, 0.29) is 17.2 Å². The summed E-state index contributed by atoms with van der Waals surface area (Å²) >= 11 is 0. The molecule has 98 valence electrons. The van der Waals surface area contributed by atoms with E-state index in [9.17, 15) is 4.79 Å². The predicted molar refractivity (Wildman–Crippen MR) is 65.8 cm³/mol. The molecule has 0 spiro atoms. The topological polar surface area (TPSA) is 62.4 Å². The van der Waals surface area contributed by atoms with Crippen molar-refractivity contribution in [1.29, 1.82) is 0 Å². The molecule has 2 heterocycles. The van der Waals surface area contributed by atoms with Crippen LogP contribution in [0.15, 0.2) is 0 Å². The number of hydrogen-bond donors (Lipinski definition) is 3. The summed E-state index contributed by atoms with van der Waals surface area (Å²) in [6.07, 6.45) is 2.15. The average Bonchev–Trinajstić information content (AvgIpc) is 2.26. The highest BCUT2D eigenvalue weighted by Gasteiger charge is 2.34. The first kappa shape index (κ1) is 12.8. The summed E-state index contributed by atoms with van der Waals surface area (Å²) in [5.41, 5.74) is 0.132. The molecule has 3 N–H and O–H groups in total. The van der Waals surface area contributed by atoms with Gasteiger partial charge in [-0.3, -0.25) is 4.79 Å². The summed E-state index contributed by atoms with van der Waals surface area (Å²) < 4.78 is 5.33. The van der Waals surface area contributed by atoms with E-state index in [2.05, 4.69) is 16.0 Å². The number of hydrogen-bond acceptors (Lipinski definition) is 4. The molecule has 0 aromatic rings. The normalized spacial score (nSPS) is 24.1. The van der Waals surface area contributed by atoms with Crippen molar-refractivity contribution in [3.05, 3.63) is 0 Å². The highest BCUT2D eigenvalue weighted by atomic mass is 16.5. The van der Waals surface area contributed by atoms with Crippen molar-refractivity contribution in [3.63, 3.8) is 0 Å². The Morgan fingerprint density at radius 2 is 2.06 bits per heavy atom. The third-order valence-electron chi connectivity index (χ3n) is 3.90. The third-order valence-corrected chi connectivity index (χ3v) is 3.90. The fourth-order valence-electron chi connectivity index (χ4n) is 2.53. The standard InChI is InChI=1S/C12H23N3O2/c1-17-9-12(2-4-13-5-3-12)8-15-11(16)10-6-14-7-10/h10,13-14H,2-9H2,1H3,(H,15,16). The monoisotopic (exact) mass is 241 g/mol. The lowest BCUT2D eigenvalue weighted by atomic mass is 9.79. The molecule has 2 fully saturated rings. The van der Waals surface area contributed by atoms with Gasteiger partial charge in [0.2, 0.25) is 5.91 Å². The Morgan fingerprint density at radius 1 is 1.35 bits per heavy atom. The average molecular weight is 241 g/mol. The summed E-state index contributed by atoms with van der Waals surface area (Å²) in [5.74, 6) is 0.370. The summed E-state index contributed by atoms with van der Waals surface area (Å²) in [6.45, 7) is 5.17. The Morgan fingerprint density at radius 3 is 2.59 bits per heavy atom. The number of rotatable bonds is 5. The van der Waals surface area contributed by atoms with E-state index in [0.29, 0.717) is 0 Å². The van der Waals surface area contributed by atoms with Gasteiger partial charge in [-0.15, -0.1) is 0 Å². The second-order valence-electron chi connectivity index (χ2n) is 5.26. The van der Waals surface area contributed by atoms with Gasteiger partial charge in [0, 0.05) is 32.2 Å². The molecular formula is C12H23N3O2. The molecule has 1 amide bonds. The zero-order valence-corrected chi connectivity index (χ0v) is 10.6. The van der Waals surface area contributed by atoms with Crippen LogP contribution in [0, 0.1) is 11.3 Å². The molecule has 5 heteroatoms. The Balaban J connectivity index is 1.81. The van der Waals surface area contributed by atoms with Gasteiger partial charge < -0.3 is 20.7 Å². The largest absolute Gasteiger partial charge is 0.384 e. The molecule has 0 aliphatic carbocycles. The van der Waals surface area contributed by atoms with Crippen molar-refractivity contribution < 1.29 is 9.53 Å². The van der Waals surface area contributed by atoms with Crippen LogP contribution in [0.2, 0.25) is 0 Å². The van der Waals surface area contributed by atoms with Gasteiger partial charge in [-0.05, 0) is 25.9 Å². The number of nitrogens with one attached hydrogen (secondary N) is 3. The number of carbonyl (C=O) groups is 1. The first-order valence-electron chi connectivity index (χ1n) is 6.44. The maximum Gasteiger partial charge on any atom is 0.225 e. The lowest BCUT2D eigenvalue weighted by Gasteiger charge is -2.38. The molecule has 0 aromatic carbocycles. The van der Waals surface area contributed by atoms with Gasteiger partial charge in [-0.25, -0.2) is 0 Å². The van der Waals surface area contributed by atoms with Gasteiger partial charge in [-0.1, -0.05) is 0 Å². The quantitative estimate of drug-likeness (QED) is 0.598. The molecule has 0 unspecified atom stereocenters. The number of methoxy groups -OCH3 is 1. The SMILES string of the molecule is COCC1(CNC(=O)C2CNC2)CCNCC1. The van der Waals surface area contributed by atoms with Crippen LogP contribution in [0.25, 0.3) is 0 Å². The molecule has 0 aromatic heterocycles. The summed E-state index contributed by atoms with van der Waals surface area (Å²) in [4.78, 5) is 11.8. The van der Waals surface area contributed by atoms with Gasteiger partial charge in [-0.2, -0.15) is 0 Å². The van der Waals surface area contributed by atoms with Crippen LogP contribution >= 0.6 is 0 Å². The third kappa shape index (κ3) is 3.18. The maximum atomic E-state index is 11.8. The summed E-state index contributed by atoms with van der Waals surface area (Å²) in [5, 5.41) is 9.56. The van der Waals surface area contributed by atoms with E-state index < -0.39 is 0 Å². The zero-order valence-electron chi connectivity index (χ0n) is 10.6. The van der Waals surface area contributed by atoms with Gasteiger partial charge in [0.25, 0.3) is 0 Å². The van der Waals surface area contributed by atoms with Gasteiger partial charge in [0.1, 0.15) is 0 Å². The summed E-state index contributed by atoms with van der Waals surface area (Å²) in [6, 6.07) is 0. The molecule has 17 heavy (non-hydrogen) atoms. The van der Waals surface area contributed by atoms with Crippen LogP contribution in [0.1, 0.15) is 12.8 Å². The van der Waals surface area contributed by atoms with Crippen molar-refractivity contribution in [2.75, 3.05) is 46.4 Å². The molecule has 0 atom stereocenters. The van der Waals surface area contributed by atoms with E-state index in [0.717, 1.165) is 52.2 Å². The van der Waals surface area contributed by atoms with Gasteiger partial charge >= 0.3 is 0 Å². The van der Waals surface area contributed by atoms with E-state index in [4.69, 9.17) is 4.74 Å². The Labute approximate surface area is 103 Å². The first-order valence-corrected chi connectivity index (χ1v) is 6.44.